The number of hydrogen-bond acceptors (Lipinski definition) is 4. The fourth-order valence-electron chi connectivity index (χ4n) is 2.69. The van der Waals surface area contributed by atoms with Crippen LogP contribution in [0.3, 0.4) is 0 Å². The Morgan fingerprint density at radius 2 is 2.14 bits per heavy atom. The number of hydrogen-bond donors (Lipinski definition) is 2. The molecule has 6 heteroatoms. The second-order valence-corrected chi connectivity index (χ2v) is 5.18. The number of rotatable bonds is 5. The van der Waals surface area contributed by atoms with E-state index in [2.05, 4.69) is 10.3 Å². The molecule has 1 saturated heterocycles. The molecule has 0 spiro atoms. The van der Waals surface area contributed by atoms with Gasteiger partial charge in [0.2, 0.25) is 0 Å². The maximum atomic E-state index is 12.7. The molecule has 1 aliphatic heterocycles. The van der Waals surface area contributed by atoms with Crippen molar-refractivity contribution in [2.75, 3.05) is 19.6 Å². The van der Waals surface area contributed by atoms with Gasteiger partial charge in [-0.3, -0.25) is 9.78 Å². The highest BCUT2D eigenvalue weighted by Crippen LogP contribution is 2.17. The van der Waals surface area contributed by atoms with Gasteiger partial charge in [-0.15, -0.1) is 0 Å². The van der Waals surface area contributed by atoms with E-state index in [4.69, 9.17) is 0 Å². The van der Waals surface area contributed by atoms with Gasteiger partial charge in [0.15, 0.2) is 0 Å². The molecular formula is C15H21N3O3. The standard InChI is InChI=1S/C15H21N3O3/c1-2-10-18(11-5-8-16-9-6-11)14(19)13-12(15(20)21)4-3-7-17-13/h3-4,7,11,16H,2,5-6,8-10H2,1H3,(H,20,21). The summed E-state index contributed by atoms with van der Waals surface area (Å²) in [5.41, 5.74) is 0.00881. The van der Waals surface area contributed by atoms with Crippen LogP contribution in [0.2, 0.25) is 0 Å². The minimum atomic E-state index is -1.12. The van der Waals surface area contributed by atoms with E-state index in [1.807, 2.05) is 6.92 Å². The number of pyridine rings is 1. The predicted octanol–water partition coefficient (Wildman–Crippen LogP) is 1.38. The van der Waals surface area contributed by atoms with Crippen LogP contribution in [0.25, 0.3) is 0 Å². The van der Waals surface area contributed by atoms with Crippen molar-refractivity contribution in [1.29, 1.82) is 0 Å². The van der Waals surface area contributed by atoms with E-state index in [1.165, 1.54) is 18.3 Å². The number of aromatic carboxylic acids is 1. The van der Waals surface area contributed by atoms with Crippen molar-refractivity contribution in [1.82, 2.24) is 15.2 Å². The highest BCUT2D eigenvalue weighted by Gasteiger charge is 2.28. The number of carboxylic acid groups (broad SMARTS) is 1. The summed E-state index contributed by atoms with van der Waals surface area (Å²) in [6.45, 7) is 4.40. The highest BCUT2D eigenvalue weighted by atomic mass is 16.4. The zero-order valence-corrected chi connectivity index (χ0v) is 12.2. The van der Waals surface area contributed by atoms with Crippen LogP contribution in [-0.4, -0.2) is 52.5 Å². The summed E-state index contributed by atoms with van der Waals surface area (Å²) in [6, 6.07) is 3.12. The second-order valence-electron chi connectivity index (χ2n) is 5.18. The van der Waals surface area contributed by atoms with Crippen molar-refractivity contribution in [3.05, 3.63) is 29.6 Å². The fourth-order valence-corrected chi connectivity index (χ4v) is 2.69. The SMILES string of the molecule is CCCN(C(=O)c1ncccc1C(=O)O)C1CCNCC1. The summed E-state index contributed by atoms with van der Waals surface area (Å²) in [7, 11) is 0. The lowest BCUT2D eigenvalue weighted by molar-refractivity contribution is 0.0613. The summed E-state index contributed by atoms with van der Waals surface area (Å²) < 4.78 is 0. The molecule has 1 aromatic heterocycles. The molecule has 1 aliphatic rings. The van der Waals surface area contributed by atoms with Crippen LogP contribution in [0, 0.1) is 0 Å². The molecule has 2 heterocycles. The highest BCUT2D eigenvalue weighted by molar-refractivity contribution is 6.03. The van der Waals surface area contributed by atoms with Crippen molar-refractivity contribution in [2.45, 2.75) is 32.2 Å². The lowest BCUT2D eigenvalue weighted by Crippen LogP contribution is -2.47. The molecule has 1 aromatic rings. The van der Waals surface area contributed by atoms with Crippen LogP contribution >= 0.6 is 0 Å². The minimum absolute atomic E-state index is 0.0301. The van der Waals surface area contributed by atoms with Crippen LogP contribution in [0.1, 0.15) is 47.0 Å². The van der Waals surface area contributed by atoms with Crippen molar-refractivity contribution in [3.63, 3.8) is 0 Å². The average Bonchev–Trinajstić information content (AvgIpc) is 2.52. The topological polar surface area (TPSA) is 82.5 Å². The van der Waals surface area contributed by atoms with Crippen LogP contribution in [0.4, 0.5) is 0 Å². The van der Waals surface area contributed by atoms with Gasteiger partial charge in [-0.25, -0.2) is 4.79 Å². The first-order valence-electron chi connectivity index (χ1n) is 7.35. The van der Waals surface area contributed by atoms with Gasteiger partial charge in [0.1, 0.15) is 5.69 Å². The Kier molecular flexibility index (Phi) is 5.27. The molecule has 21 heavy (non-hydrogen) atoms. The minimum Gasteiger partial charge on any atom is -0.478 e. The third kappa shape index (κ3) is 3.58. The van der Waals surface area contributed by atoms with Gasteiger partial charge in [0.05, 0.1) is 5.56 Å². The quantitative estimate of drug-likeness (QED) is 0.856. The van der Waals surface area contributed by atoms with Crippen molar-refractivity contribution in [2.24, 2.45) is 0 Å². The third-order valence-electron chi connectivity index (χ3n) is 3.72. The third-order valence-corrected chi connectivity index (χ3v) is 3.72. The van der Waals surface area contributed by atoms with E-state index in [9.17, 15) is 14.7 Å². The van der Waals surface area contributed by atoms with Gasteiger partial charge in [0.25, 0.3) is 5.91 Å². The summed E-state index contributed by atoms with van der Waals surface area (Å²) in [6.07, 6.45) is 4.08. The molecule has 114 valence electrons. The smallest absolute Gasteiger partial charge is 0.338 e. The first-order chi connectivity index (χ1) is 10.1. The lowest BCUT2D eigenvalue weighted by Gasteiger charge is -2.34. The summed E-state index contributed by atoms with van der Waals surface area (Å²) >= 11 is 0. The number of nitrogens with zero attached hydrogens (tertiary/aromatic N) is 2. The van der Waals surface area contributed by atoms with Crippen molar-refractivity contribution >= 4 is 11.9 Å². The molecule has 0 radical (unpaired) electrons. The fraction of sp³-hybridized carbons (Fsp3) is 0.533. The maximum Gasteiger partial charge on any atom is 0.338 e. The number of aromatic nitrogens is 1. The Bertz CT molecular complexity index is 513. The largest absolute Gasteiger partial charge is 0.478 e. The summed E-state index contributed by atoms with van der Waals surface area (Å²) in [5.74, 6) is -1.39. The first-order valence-corrected chi connectivity index (χ1v) is 7.35. The van der Waals surface area contributed by atoms with Crippen LogP contribution in [0.15, 0.2) is 18.3 Å². The number of carbonyl (C=O) groups is 2. The molecule has 2 rings (SSSR count). The normalized spacial score (nSPS) is 15.7. The van der Waals surface area contributed by atoms with Gasteiger partial charge in [-0.2, -0.15) is 0 Å². The van der Waals surface area contributed by atoms with Crippen LogP contribution in [-0.2, 0) is 0 Å². The Labute approximate surface area is 124 Å². The molecule has 1 amide bonds. The van der Waals surface area contributed by atoms with Crippen molar-refractivity contribution < 1.29 is 14.7 Å². The molecular weight excluding hydrogens is 270 g/mol. The van der Waals surface area contributed by atoms with Gasteiger partial charge in [-0.05, 0) is 44.5 Å². The van der Waals surface area contributed by atoms with Gasteiger partial charge in [0, 0.05) is 18.8 Å². The predicted molar refractivity (Wildman–Crippen MR) is 78.4 cm³/mol. The summed E-state index contributed by atoms with van der Waals surface area (Å²) in [5, 5.41) is 12.5. The Hall–Kier alpha value is -1.95. The van der Waals surface area contributed by atoms with Crippen molar-refractivity contribution in [3.8, 4) is 0 Å². The molecule has 1 fully saturated rings. The van der Waals surface area contributed by atoms with Crippen LogP contribution < -0.4 is 5.32 Å². The first kappa shape index (κ1) is 15.4. The second kappa shape index (κ2) is 7.17. The maximum absolute atomic E-state index is 12.7. The molecule has 6 nitrogen and oxygen atoms in total. The molecule has 0 unspecified atom stereocenters. The van der Waals surface area contributed by atoms with Gasteiger partial charge < -0.3 is 15.3 Å². The average molecular weight is 291 g/mol. The van der Waals surface area contributed by atoms with E-state index in [0.29, 0.717) is 6.54 Å². The monoisotopic (exact) mass is 291 g/mol. The number of carbonyl (C=O) groups excluding carboxylic acids is 1. The Morgan fingerprint density at radius 3 is 2.76 bits per heavy atom. The van der Waals surface area contributed by atoms with E-state index in [1.54, 1.807) is 4.90 Å². The van der Waals surface area contributed by atoms with Gasteiger partial charge >= 0.3 is 5.97 Å². The molecule has 0 aromatic carbocycles. The van der Waals surface area contributed by atoms with E-state index in [-0.39, 0.29) is 23.2 Å². The lowest BCUT2D eigenvalue weighted by atomic mass is 10.0. The number of amides is 1. The zero-order chi connectivity index (χ0) is 15.2. The van der Waals surface area contributed by atoms with Crippen LogP contribution in [0.5, 0.6) is 0 Å². The number of nitrogens with one attached hydrogen (secondary N) is 1. The molecule has 0 atom stereocenters. The Morgan fingerprint density at radius 1 is 1.43 bits per heavy atom. The van der Waals surface area contributed by atoms with E-state index < -0.39 is 5.97 Å². The molecule has 0 aliphatic carbocycles. The molecule has 0 bridgehead atoms. The number of piperidine rings is 1. The van der Waals surface area contributed by atoms with E-state index in [0.717, 1.165) is 32.4 Å². The zero-order valence-electron chi connectivity index (χ0n) is 12.2. The van der Waals surface area contributed by atoms with E-state index >= 15 is 0 Å². The molecule has 2 N–H and O–H groups in total. The molecule has 0 saturated carbocycles. The number of carboxylic acids is 1. The Balaban J connectivity index is 2.27. The van der Waals surface area contributed by atoms with Gasteiger partial charge in [-0.1, -0.05) is 6.92 Å². The summed E-state index contributed by atoms with van der Waals surface area (Å²) in [4.78, 5) is 29.8.